The monoisotopic (exact) mass is 394 g/mol. The Morgan fingerprint density at radius 1 is 1.07 bits per heavy atom. The number of piperidine rings is 1. The highest BCUT2D eigenvalue weighted by molar-refractivity contribution is 7.18. The Balaban J connectivity index is 1.17. The van der Waals surface area contributed by atoms with Crippen molar-refractivity contribution in [3.63, 3.8) is 0 Å². The number of para-hydroxylation sites is 1. The number of carbonyl (C=O) groups excluding carboxylic acids is 1. The third kappa shape index (κ3) is 4.97. The van der Waals surface area contributed by atoms with Crippen LogP contribution in [0, 0.1) is 0 Å². The molecule has 0 aliphatic carbocycles. The van der Waals surface area contributed by atoms with Crippen LogP contribution >= 0.6 is 11.3 Å². The van der Waals surface area contributed by atoms with Crippen molar-refractivity contribution in [2.45, 2.75) is 31.6 Å². The van der Waals surface area contributed by atoms with Gasteiger partial charge in [-0.15, -0.1) is 11.3 Å². The fourth-order valence-corrected chi connectivity index (χ4v) is 5.11. The summed E-state index contributed by atoms with van der Waals surface area (Å²) < 4.78 is 1.28. The zero-order valence-electron chi connectivity index (χ0n) is 16.2. The van der Waals surface area contributed by atoms with E-state index < -0.39 is 0 Å². The number of hydrogen-bond donors (Lipinski definition) is 2. The van der Waals surface area contributed by atoms with E-state index in [4.69, 9.17) is 4.98 Å². The van der Waals surface area contributed by atoms with Gasteiger partial charge in [-0.25, -0.2) is 4.98 Å². The van der Waals surface area contributed by atoms with Crippen LogP contribution in [0.1, 0.15) is 35.8 Å². The Bertz CT molecular complexity index is 867. The highest BCUT2D eigenvalue weighted by Gasteiger charge is 2.26. The van der Waals surface area contributed by atoms with Crippen molar-refractivity contribution in [1.29, 1.82) is 0 Å². The Morgan fingerprint density at radius 2 is 1.82 bits per heavy atom. The molecule has 4 rings (SSSR count). The maximum absolute atomic E-state index is 12.2. The van der Waals surface area contributed by atoms with E-state index in [-0.39, 0.29) is 5.91 Å². The molecular formula is C23H28N3OS+. The summed E-state index contributed by atoms with van der Waals surface area (Å²) >= 11 is 1.83. The highest BCUT2D eigenvalue weighted by atomic mass is 32.1. The molecule has 4 nitrogen and oxygen atoms in total. The van der Waals surface area contributed by atoms with Gasteiger partial charge in [-0.3, -0.25) is 4.79 Å². The van der Waals surface area contributed by atoms with Gasteiger partial charge in [0.05, 0.1) is 28.3 Å². The van der Waals surface area contributed by atoms with Crippen LogP contribution in [-0.4, -0.2) is 37.1 Å². The molecule has 1 amide bonds. The molecule has 1 aromatic heterocycles. The van der Waals surface area contributed by atoms with E-state index in [9.17, 15) is 4.79 Å². The first-order chi connectivity index (χ1) is 13.8. The van der Waals surface area contributed by atoms with Crippen LogP contribution in [0.2, 0.25) is 0 Å². The standard InChI is InChI=1S/C23H27N3OS/c27-22(24-14-6-9-18-7-2-1-3-8-18)17-26-15-12-19(13-16-26)23-25-20-10-4-5-11-21(20)28-23/h1-5,7-8,10-11,19H,6,9,12-17H2,(H,24,27)/p+1. The van der Waals surface area contributed by atoms with Crippen molar-refractivity contribution in [3.05, 3.63) is 65.2 Å². The molecule has 28 heavy (non-hydrogen) atoms. The summed E-state index contributed by atoms with van der Waals surface area (Å²) in [5.41, 5.74) is 2.45. The van der Waals surface area contributed by atoms with Gasteiger partial charge >= 0.3 is 0 Å². The molecule has 0 radical (unpaired) electrons. The number of likely N-dealkylation sites (tertiary alicyclic amines) is 1. The van der Waals surface area contributed by atoms with Crippen molar-refractivity contribution in [2.75, 3.05) is 26.2 Å². The number of hydrogen-bond acceptors (Lipinski definition) is 3. The molecule has 2 heterocycles. The predicted octanol–water partition coefficient (Wildman–Crippen LogP) is 2.81. The minimum Gasteiger partial charge on any atom is -0.351 e. The van der Waals surface area contributed by atoms with Gasteiger partial charge in [0.2, 0.25) is 0 Å². The van der Waals surface area contributed by atoms with Crippen LogP contribution in [0.15, 0.2) is 54.6 Å². The summed E-state index contributed by atoms with van der Waals surface area (Å²) in [5, 5.41) is 4.36. The summed E-state index contributed by atoms with van der Waals surface area (Å²) in [6.07, 6.45) is 4.25. The molecule has 3 aromatic rings. The molecule has 5 heteroatoms. The first-order valence-electron chi connectivity index (χ1n) is 10.3. The van der Waals surface area contributed by atoms with Gasteiger partial charge in [0.25, 0.3) is 5.91 Å². The van der Waals surface area contributed by atoms with Crippen molar-refractivity contribution in [3.8, 4) is 0 Å². The van der Waals surface area contributed by atoms with E-state index in [1.807, 2.05) is 17.4 Å². The van der Waals surface area contributed by atoms with Crippen molar-refractivity contribution >= 4 is 27.5 Å². The number of carbonyl (C=O) groups is 1. The highest BCUT2D eigenvalue weighted by Crippen LogP contribution is 2.31. The number of aryl methyl sites for hydroxylation is 1. The Morgan fingerprint density at radius 3 is 2.61 bits per heavy atom. The predicted molar refractivity (Wildman–Crippen MR) is 115 cm³/mol. The smallest absolute Gasteiger partial charge is 0.275 e. The van der Waals surface area contributed by atoms with E-state index in [1.54, 1.807) is 0 Å². The summed E-state index contributed by atoms with van der Waals surface area (Å²) in [7, 11) is 0. The fourth-order valence-electron chi connectivity index (χ4n) is 3.97. The molecule has 2 N–H and O–H groups in total. The van der Waals surface area contributed by atoms with Crippen LogP contribution in [0.3, 0.4) is 0 Å². The quantitative estimate of drug-likeness (QED) is 0.606. The summed E-state index contributed by atoms with van der Waals surface area (Å²) in [4.78, 5) is 18.5. The normalized spacial score (nSPS) is 19.6. The molecule has 0 atom stereocenters. The van der Waals surface area contributed by atoms with Gasteiger partial charge < -0.3 is 10.2 Å². The van der Waals surface area contributed by atoms with Crippen LogP contribution in [0.4, 0.5) is 0 Å². The van der Waals surface area contributed by atoms with Crippen LogP contribution in [0.25, 0.3) is 10.2 Å². The minimum absolute atomic E-state index is 0.182. The lowest BCUT2D eigenvalue weighted by molar-refractivity contribution is -0.897. The topological polar surface area (TPSA) is 46.4 Å². The third-order valence-corrected chi connectivity index (χ3v) is 6.77. The average molecular weight is 395 g/mol. The zero-order valence-corrected chi connectivity index (χ0v) is 17.0. The van der Waals surface area contributed by atoms with Crippen molar-refractivity contribution < 1.29 is 9.69 Å². The first kappa shape index (κ1) is 19.1. The maximum atomic E-state index is 12.2. The fraction of sp³-hybridized carbons (Fsp3) is 0.391. The first-order valence-corrected chi connectivity index (χ1v) is 11.1. The molecule has 0 unspecified atom stereocenters. The summed E-state index contributed by atoms with van der Waals surface area (Å²) in [6.45, 7) is 3.46. The average Bonchev–Trinajstić information content (AvgIpc) is 3.17. The van der Waals surface area contributed by atoms with Crippen molar-refractivity contribution in [2.24, 2.45) is 0 Å². The Kier molecular flexibility index (Phi) is 6.34. The number of fused-ring (bicyclic) bond motifs is 1. The van der Waals surface area contributed by atoms with Gasteiger partial charge in [-0.2, -0.15) is 0 Å². The SMILES string of the molecule is O=C(C[NH+]1CCC(c2nc3ccccc3s2)CC1)NCCCc1ccccc1. The number of benzene rings is 2. The molecular weight excluding hydrogens is 366 g/mol. The maximum Gasteiger partial charge on any atom is 0.275 e. The van der Waals surface area contributed by atoms with Crippen LogP contribution in [0.5, 0.6) is 0 Å². The molecule has 1 saturated heterocycles. The van der Waals surface area contributed by atoms with E-state index in [2.05, 4.69) is 53.8 Å². The lowest BCUT2D eigenvalue weighted by atomic mass is 9.97. The Labute approximate surface area is 170 Å². The Hall–Kier alpha value is -2.24. The second-order valence-corrected chi connectivity index (χ2v) is 8.72. The number of quaternary nitrogens is 1. The molecule has 1 aliphatic heterocycles. The lowest BCUT2D eigenvalue weighted by Gasteiger charge is -2.27. The van der Waals surface area contributed by atoms with E-state index >= 15 is 0 Å². The van der Waals surface area contributed by atoms with Gasteiger partial charge in [-0.05, 0) is 30.5 Å². The minimum atomic E-state index is 0.182. The molecule has 0 bridgehead atoms. The van der Waals surface area contributed by atoms with E-state index in [0.717, 1.165) is 50.8 Å². The third-order valence-electron chi connectivity index (χ3n) is 5.57. The number of nitrogens with one attached hydrogen (secondary N) is 2. The lowest BCUT2D eigenvalue weighted by Crippen LogP contribution is -3.14. The molecule has 146 valence electrons. The second kappa shape index (κ2) is 9.30. The number of aromatic nitrogens is 1. The number of amides is 1. The van der Waals surface area contributed by atoms with E-state index in [1.165, 1.54) is 20.2 Å². The van der Waals surface area contributed by atoms with Crippen molar-refractivity contribution in [1.82, 2.24) is 10.3 Å². The second-order valence-electron chi connectivity index (χ2n) is 7.66. The molecule has 0 spiro atoms. The molecule has 1 aliphatic rings. The molecule has 2 aromatic carbocycles. The van der Waals surface area contributed by atoms with Gasteiger partial charge in [-0.1, -0.05) is 42.5 Å². The molecule has 1 fully saturated rings. The number of rotatable bonds is 7. The van der Waals surface area contributed by atoms with Crippen LogP contribution in [-0.2, 0) is 11.2 Å². The summed E-state index contributed by atoms with van der Waals surface area (Å²) in [5.74, 6) is 0.733. The van der Waals surface area contributed by atoms with Gasteiger partial charge in [0.1, 0.15) is 0 Å². The van der Waals surface area contributed by atoms with Crippen LogP contribution < -0.4 is 10.2 Å². The zero-order chi connectivity index (χ0) is 19.2. The van der Waals surface area contributed by atoms with Gasteiger partial charge in [0, 0.05) is 25.3 Å². The number of thiazole rings is 1. The summed E-state index contributed by atoms with van der Waals surface area (Å²) in [6, 6.07) is 18.8. The van der Waals surface area contributed by atoms with Gasteiger partial charge in [0.15, 0.2) is 6.54 Å². The number of nitrogens with zero attached hydrogens (tertiary/aromatic N) is 1. The largest absolute Gasteiger partial charge is 0.351 e. The molecule has 0 saturated carbocycles. The van der Waals surface area contributed by atoms with E-state index in [0.29, 0.717) is 12.5 Å².